The molecule has 0 aliphatic rings. The number of H-pyrrole nitrogens is 1. The first-order valence-corrected chi connectivity index (χ1v) is 29.3. The molecule has 0 saturated heterocycles. The highest BCUT2D eigenvalue weighted by Crippen LogP contribution is 2.31. The van der Waals surface area contributed by atoms with Crippen LogP contribution in [0.2, 0.25) is 0 Å². The van der Waals surface area contributed by atoms with Gasteiger partial charge in [-0.25, -0.2) is 24.0 Å². The standard InChI is InChI=1S/C72H59N15O3/c1-83-41-37-74-69(83)50-77-71(89)62-26-28-65(85-39-9-33-80-85)58(44-62)25-20-54-13-7-15-57(43-54)63-47-68(86-40-10-34-81-86)60(46-64(63)72(90)76-32-8-14-55-48-78-79-49-55)24-19-53-16-21-56(22-17-53)67-30-35-82-87(67)66-29-27-61(45-59(66)23-18-52-11-3-2-4-12-52)70(88)75-31-5-6-38-84-42-36-73-51-84/h2-4,7,9-13,15-17,21-22,26-30,33-37,39-49,51H,5-6,8,14,31-32,38,50H2,1H3,(H,75,88)(H,76,90)(H,77,89)(H,78,79). The number of nitrogens with one attached hydrogen (secondary N) is 4. The van der Waals surface area contributed by atoms with Crippen LogP contribution in [0.25, 0.3) is 39.4 Å². The summed E-state index contributed by atoms with van der Waals surface area (Å²) in [6, 6.07) is 45.6. The minimum atomic E-state index is -0.271. The fraction of sp³-hybridized carbons (Fsp3) is 0.125. The van der Waals surface area contributed by atoms with E-state index in [-0.39, 0.29) is 24.3 Å². The van der Waals surface area contributed by atoms with Crippen molar-refractivity contribution in [3.05, 3.63) is 282 Å². The summed E-state index contributed by atoms with van der Waals surface area (Å²) in [5.41, 5.74) is 11.6. The van der Waals surface area contributed by atoms with E-state index in [1.807, 2.05) is 179 Å². The van der Waals surface area contributed by atoms with Crippen LogP contribution in [0.3, 0.4) is 0 Å². The second-order valence-corrected chi connectivity index (χ2v) is 21.0. The number of aromatic amines is 1. The number of hydrogen-bond donors (Lipinski definition) is 4. The maximum Gasteiger partial charge on any atom is 0.251 e. The molecule has 18 heteroatoms. The second-order valence-electron chi connectivity index (χ2n) is 21.0. The number of amides is 3. The van der Waals surface area contributed by atoms with Crippen molar-refractivity contribution in [1.82, 2.24) is 74.6 Å². The zero-order valence-corrected chi connectivity index (χ0v) is 49.1. The SMILES string of the molecule is Cn1ccnc1CNC(=O)c1ccc(-n2cccn2)c(C#Cc2cccc(-c3cc(-n4cccn4)c(C#Cc4ccc(-c5ccnn5-c5ccc(C(=O)NCCCCn6ccnc6)cc5C#Cc5ccccc5)cc4)cc3C(=O)NCCCc3cn[nH]c3)c2)c1. The molecule has 0 aliphatic heterocycles. The van der Waals surface area contributed by atoms with Crippen molar-refractivity contribution in [3.63, 3.8) is 0 Å². The number of carbonyl (C=O) groups is 3. The third-order valence-electron chi connectivity index (χ3n) is 14.9. The molecular formula is C72H59N15O3. The lowest BCUT2D eigenvalue weighted by Crippen LogP contribution is -2.25. The van der Waals surface area contributed by atoms with Crippen LogP contribution in [0, 0.1) is 35.5 Å². The van der Waals surface area contributed by atoms with Gasteiger partial charge in [0.1, 0.15) is 5.82 Å². The summed E-state index contributed by atoms with van der Waals surface area (Å²) in [6.07, 6.45) is 24.6. The summed E-state index contributed by atoms with van der Waals surface area (Å²) in [5.74, 6) is 20.1. The van der Waals surface area contributed by atoms with E-state index >= 15 is 0 Å². The summed E-state index contributed by atoms with van der Waals surface area (Å²) >= 11 is 0. The molecular weight excluding hydrogens is 1120 g/mol. The largest absolute Gasteiger partial charge is 0.352 e. The van der Waals surface area contributed by atoms with Crippen LogP contribution < -0.4 is 16.0 Å². The Labute approximate surface area is 519 Å². The van der Waals surface area contributed by atoms with Gasteiger partial charge in [-0.05, 0) is 146 Å². The molecule has 0 bridgehead atoms. The predicted octanol–water partition coefficient (Wildman–Crippen LogP) is 9.93. The highest BCUT2D eigenvalue weighted by Gasteiger charge is 2.20. The summed E-state index contributed by atoms with van der Waals surface area (Å²) in [7, 11) is 1.88. The van der Waals surface area contributed by atoms with Crippen molar-refractivity contribution in [3.8, 4) is 75.0 Å². The fourth-order valence-electron chi connectivity index (χ4n) is 10.2. The number of benzene rings is 6. The van der Waals surface area contributed by atoms with Gasteiger partial charge in [0.05, 0.1) is 64.7 Å². The van der Waals surface area contributed by atoms with Crippen molar-refractivity contribution in [1.29, 1.82) is 0 Å². The van der Waals surface area contributed by atoms with Crippen LogP contribution >= 0.6 is 0 Å². The number of carbonyl (C=O) groups excluding carboxylic acids is 3. The molecule has 6 heterocycles. The van der Waals surface area contributed by atoms with Crippen LogP contribution in [-0.4, -0.2) is 89.5 Å². The Morgan fingerprint density at radius 1 is 0.533 bits per heavy atom. The van der Waals surface area contributed by atoms with Crippen LogP contribution in [0.15, 0.2) is 220 Å². The Bertz CT molecular complexity index is 4660. The van der Waals surface area contributed by atoms with Gasteiger partial charge in [0.2, 0.25) is 0 Å². The number of unbranched alkanes of at least 4 members (excludes halogenated alkanes) is 1. The molecule has 18 nitrogen and oxygen atoms in total. The predicted molar refractivity (Wildman–Crippen MR) is 343 cm³/mol. The van der Waals surface area contributed by atoms with E-state index in [2.05, 4.69) is 81.8 Å². The summed E-state index contributed by atoms with van der Waals surface area (Å²) in [4.78, 5) is 50.1. The van der Waals surface area contributed by atoms with Crippen LogP contribution in [0.4, 0.5) is 0 Å². The highest BCUT2D eigenvalue weighted by atomic mass is 16.2. The lowest BCUT2D eigenvalue weighted by Gasteiger charge is -2.15. The number of imidazole rings is 2. The van der Waals surface area contributed by atoms with E-state index < -0.39 is 0 Å². The van der Waals surface area contributed by atoms with Crippen molar-refractivity contribution in [2.75, 3.05) is 13.1 Å². The molecule has 4 N–H and O–H groups in total. The van der Waals surface area contributed by atoms with Gasteiger partial charge in [0.15, 0.2) is 0 Å². The third kappa shape index (κ3) is 14.2. The molecule has 0 saturated carbocycles. The average molecular weight is 1180 g/mol. The Balaban J connectivity index is 0.839. The van der Waals surface area contributed by atoms with Crippen molar-refractivity contribution in [2.24, 2.45) is 7.05 Å². The normalized spacial score (nSPS) is 10.7. The topological polar surface area (TPSA) is 205 Å². The zero-order valence-electron chi connectivity index (χ0n) is 49.1. The molecule has 90 heavy (non-hydrogen) atoms. The molecule has 0 fully saturated rings. The van der Waals surface area contributed by atoms with Gasteiger partial charge < -0.3 is 25.1 Å². The molecule has 0 unspecified atom stereocenters. The van der Waals surface area contributed by atoms with Crippen molar-refractivity contribution < 1.29 is 14.4 Å². The maximum atomic E-state index is 14.6. The quantitative estimate of drug-likeness (QED) is 0.0449. The van der Waals surface area contributed by atoms with Crippen LogP contribution in [0.1, 0.15) is 95.1 Å². The minimum Gasteiger partial charge on any atom is -0.352 e. The maximum absolute atomic E-state index is 14.6. The molecule has 6 aromatic heterocycles. The van der Waals surface area contributed by atoms with E-state index in [4.69, 9.17) is 5.10 Å². The second kappa shape index (κ2) is 27.8. The number of aryl methyl sites for hydroxylation is 3. The lowest BCUT2D eigenvalue weighted by molar-refractivity contribution is 0.0942. The third-order valence-corrected chi connectivity index (χ3v) is 14.9. The molecule has 12 aromatic rings. The fourth-order valence-corrected chi connectivity index (χ4v) is 10.2. The molecule has 12 rings (SSSR count). The summed E-state index contributed by atoms with van der Waals surface area (Å²) < 4.78 is 9.17. The lowest BCUT2D eigenvalue weighted by atomic mass is 9.94. The van der Waals surface area contributed by atoms with E-state index in [1.165, 1.54) is 0 Å². The van der Waals surface area contributed by atoms with E-state index in [1.54, 1.807) is 71.1 Å². The first-order valence-electron chi connectivity index (χ1n) is 29.3. The van der Waals surface area contributed by atoms with Gasteiger partial charge in [0.25, 0.3) is 17.7 Å². The zero-order chi connectivity index (χ0) is 61.4. The number of hydrogen-bond acceptors (Lipinski definition) is 9. The Morgan fingerprint density at radius 2 is 1.22 bits per heavy atom. The van der Waals surface area contributed by atoms with Gasteiger partial charge in [-0.3, -0.25) is 19.5 Å². The van der Waals surface area contributed by atoms with E-state index in [9.17, 15) is 14.4 Å². The van der Waals surface area contributed by atoms with E-state index in [0.717, 1.165) is 65.1 Å². The van der Waals surface area contributed by atoms with E-state index in [0.29, 0.717) is 81.1 Å². The molecule has 6 aromatic carbocycles. The van der Waals surface area contributed by atoms with Crippen molar-refractivity contribution >= 4 is 17.7 Å². The van der Waals surface area contributed by atoms with Gasteiger partial charge in [-0.1, -0.05) is 78.0 Å². The Hall–Kier alpha value is -12.3. The molecule has 440 valence electrons. The first kappa shape index (κ1) is 58.1. The van der Waals surface area contributed by atoms with Crippen LogP contribution in [0.5, 0.6) is 0 Å². The summed E-state index contributed by atoms with van der Waals surface area (Å²) in [6.45, 7) is 2.04. The number of aromatic nitrogens is 12. The van der Waals surface area contributed by atoms with Gasteiger partial charge in [-0.15, -0.1) is 0 Å². The molecule has 0 aliphatic carbocycles. The van der Waals surface area contributed by atoms with Crippen LogP contribution in [-0.2, 0) is 26.6 Å². The smallest absolute Gasteiger partial charge is 0.251 e. The first-order chi connectivity index (χ1) is 44.3. The van der Waals surface area contributed by atoms with Gasteiger partial charge in [0, 0.05) is 121 Å². The van der Waals surface area contributed by atoms with Crippen molar-refractivity contribution in [2.45, 2.75) is 38.8 Å². The number of nitrogens with zero attached hydrogens (tertiary/aromatic N) is 11. The Kier molecular flexibility index (Phi) is 17.9. The monoisotopic (exact) mass is 1180 g/mol. The van der Waals surface area contributed by atoms with Gasteiger partial charge in [-0.2, -0.15) is 20.4 Å². The van der Waals surface area contributed by atoms with Gasteiger partial charge >= 0.3 is 0 Å². The number of rotatable bonds is 19. The average Bonchev–Trinajstić information content (AvgIpc) is 2.39. The molecule has 0 spiro atoms. The molecule has 3 amide bonds. The summed E-state index contributed by atoms with van der Waals surface area (Å²) in [5, 5.41) is 30.0. The highest BCUT2D eigenvalue weighted by molar-refractivity contribution is 6.02. The minimum absolute atomic E-state index is 0.177. The molecule has 0 radical (unpaired) electrons. The molecule has 0 atom stereocenters. The Morgan fingerprint density at radius 3 is 1.93 bits per heavy atom.